The monoisotopic (exact) mass is 325 g/mol. The number of fused-ring (bicyclic) bond motifs is 1. The van der Waals surface area contributed by atoms with Crippen LogP contribution in [0.1, 0.15) is 0 Å². The van der Waals surface area contributed by atoms with Crippen LogP contribution in [-0.2, 0) is 4.74 Å². The van der Waals surface area contributed by atoms with Gasteiger partial charge in [-0.2, -0.15) is 0 Å². The van der Waals surface area contributed by atoms with Crippen LogP contribution in [0.5, 0.6) is 0 Å². The molecule has 124 valence electrons. The van der Waals surface area contributed by atoms with Crippen LogP contribution in [0, 0.1) is 0 Å². The molecule has 2 unspecified atom stereocenters. The number of hydrogen-bond donors (Lipinski definition) is 4. The maximum absolute atomic E-state index is 12.7. The van der Waals surface area contributed by atoms with E-state index in [-0.39, 0.29) is 0 Å². The Balaban J connectivity index is 1.84. The Morgan fingerprint density at radius 2 is 1.87 bits per heavy atom. The summed E-state index contributed by atoms with van der Waals surface area (Å²) in [5.41, 5.74) is 0.256. The Kier molecular flexibility index (Phi) is 4.31. The van der Waals surface area contributed by atoms with Gasteiger partial charge in [0.15, 0.2) is 6.29 Å². The molecule has 1 saturated heterocycles. The SMILES string of the molecule is O=c1ccc2ccc(NC3[C@H](O)OC(CF)[C@@H](O)[C@@H]3O)cc2o1. The quantitative estimate of drug-likeness (QED) is 0.587. The minimum atomic E-state index is -1.51. The molecule has 1 aromatic carbocycles. The molecule has 7 nitrogen and oxygen atoms in total. The molecule has 1 aromatic heterocycles. The van der Waals surface area contributed by atoms with Crippen molar-refractivity contribution in [1.82, 2.24) is 0 Å². The fraction of sp³-hybridized carbons (Fsp3) is 0.400. The number of benzene rings is 1. The third-order valence-corrected chi connectivity index (χ3v) is 3.83. The molecule has 0 aliphatic carbocycles. The summed E-state index contributed by atoms with van der Waals surface area (Å²) in [5, 5.41) is 33.2. The van der Waals surface area contributed by atoms with E-state index >= 15 is 0 Å². The van der Waals surface area contributed by atoms with Gasteiger partial charge in [-0.05, 0) is 18.2 Å². The second-order valence-corrected chi connectivity index (χ2v) is 5.38. The van der Waals surface area contributed by atoms with Crippen LogP contribution in [0.2, 0.25) is 0 Å². The number of hydrogen-bond acceptors (Lipinski definition) is 7. The Morgan fingerprint density at radius 1 is 1.13 bits per heavy atom. The Hall–Kier alpha value is -2.00. The lowest BCUT2D eigenvalue weighted by atomic mass is 9.97. The van der Waals surface area contributed by atoms with Gasteiger partial charge in [0.1, 0.15) is 36.6 Å². The molecule has 0 radical (unpaired) electrons. The van der Waals surface area contributed by atoms with E-state index in [1.54, 1.807) is 18.2 Å². The van der Waals surface area contributed by atoms with Crippen LogP contribution in [0.4, 0.5) is 10.1 Å². The lowest BCUT2D eigenvalue weighted by molar-refractivity contribution is -0.240. The molecule has 23 heavy (non-hydrogen) atoms. The Morgan fingerprint density at radius 3 is 2.61 bits per heavy atom. The third-order valence-electron chi connectivity index (χ3n) is 3.83. The lowest BCUT2D eigenvalue weighted by Crippen LogP contribution is -2.60. The molecule has 1 aliphatic rings. The number of anilines is 1. The van der Waals surface area contributed by atoms with E-state index in [0.717, 1.165) is 0 Å². The molecule has 3 rings (SSSR count). The van der Waals surface area contributed by atoms with Gasteiger partial charge in [-0.3, -0.25) is 0 Å². The molecule has 0 bridgehead atoms. The predicted octanol–water partition coefficient (Wildman–Crippen LogP) is -0.0180. The molecule has 0 spiro atoms. The van der Waals surface area contributed by atoms with Crippen LogP contribution >= 0.6 is 0 Å². The normalized spacial score (nSPS) is 31.2. The Labute approximate surface area is 129 Å². The summed E-state index contributed by atoms with van der Waals surface area (Å²) in [7, 11) is 0. The van der Waals surface area contributed by atoms with Crippen molar-refractivity contribution in [3.8, 4) is 0 Å². The van der Waals surface area contributed by atoms with Crippen LogP contribution < -0.4 is 10.9 Å². The molecule has 1 fully saturated rings. The number of alkyl halides is 1. The molecule has 4 N–H and O–H groups in total. The molecule has 0 amide bonds. The highest BCUT2D eigenvalue weighted by Crippen LogP contribution is 2.25. The maximum atomic E-state index is 12.7. The first-order valence-electron chi connectivity index (χ1n) is 7.05. The predicted molar refractivity (Wildman–Crippen MR) is 78.8 cm³/mol. The van der Waals surface area contributed by atoms with Crippen molar-refractivity contribution in [1.29, 1.82) is 0 Å². The van der Waals surface area contributed by atoms with Gasteiger partial charge < -0.3 is 29.8 Å². The van der Waals surface area contributed by atoms with Crippen LogP contribution in [0.3, 0.4) is 0 Å². The van der Waals surface area contributed by atoms with Crippen LogP contribution in [-0.4, -0.2) is 52.6 Å². The zero-order chi connectivity index (χ0) is 16.6. The number of nitrogens with one attached hydrogen (secondary N) is 1. The fourth-order valence-electron chi connectivity index (χ4n) is 2.57. The summed E-state index contributed by atoms with van der Waals surface area (Å²) in [6.07, 6.45) is -5.70. The maximum Gasteiger partial charge on any atom is 0.336 e. The largest absolute Gasteiger partial charge is 0.423 e. The van der Waals surface area contributed by atoms with Crippen molar-refractivity contribution < 1.29 is 28.9 Å². The summed E-state index contributed by atoms with van der Waals surface area (Å²) < 4.78 is 22.7. The van der Waals surface area contributed by atoms with Gasteiger partial charge in [0.25, 0.3) is 0 Å². The highest BCUT2D eigenvalue weighted by molar-refractivity contribution is 5.80. The zero-order valence-corrected chi connectivity index (χ0v) is 11.9. The minimum absolute atomic E-state index is 0.324. The molecular weight excluding hydrogens is 309 g/mol. The van der Waals surface area contributed by atoms with Crippen molar-refractivity contribution >= 4 is 16.7 Å². The van der Waals surface area contributed by atoms with Gasteiger partial charge in [0.05, 0.1) is 0 Å². The first-order chi connectivity index (χ1) is 11.0. The van der Waals surface area contributed by atoms with E-state index < -0.39 is 42.9 Å². The molecule has 2 heterocycles. The molecule has 2 aromatic rings. The second-order valence-electron chi connectivity index (χ2n) is 5.38. The summed E-state index contributed by atoms with van der Waals surface area (Å²) >= 11 is 0. The van der Waals surface area contributed by atoms with Gasteiger partial charge in [-0.25, -0.2) is 9.18 Å². The highest BCUT2D eigenvalue weighted by atomic mass is 19.1. The number of aliphatic hydroxyl groups excluding tert-OH is 3. The van der Waals surface area contributed by atoms with Crippen molar-refractivity contribution in [2.45, 2.75) is 30.6 Å². The average Bonchev–Trinajstić information content (AvgIpc) is 2.54. The van der Waals surface area contributed by atoms with Crippen molar-refractivity contribution in [3.63, 3.8) is 0 Å². The van der Waals surface area contributed by atoms with Gasteiger partial charge in [0, 0.05) is 23.2 Å². The van der Waals surface area contributed by atoms with Gasteiger partial charge >= 0.3 is 5.63 Å². The van der Waals surface area contributed by atoms with E-state index in [0.29, 0.717) is 16.7 Å². The van der Waals surface area contributed by atoms with Crippen molar-refractivity contribution in [2.75, 3.05) is 12.0 Å². The minimum Gasteiger partial charge on any atom is -0.423 e. The third kappa shape index (κ3) is 3.06. The number of aliphatic hydroxyl groups is 3. The van der Waals surface area contributed by atoms with Crippen LogP contribution in [0.15, 0.2) is 39.5 Å². The van der Waals surface area contributed by atoms with Crippen molar-refractivity contribution in [3.05, 3.63) is 40.8 Å². The lowest BCUT2D eigenvalue weighted by Gasteiger charge is -2.40. The zero-order valence-electron chi connectivity index (χ0n) is 11.9. The average molecular weight is 325 g/mol. The van der Waals surface area contributed by atoms with E-state index in [4.69, 9.17) is 9.15 Å². The molecule has 8 heteroatoms. The van der Waals surface area contributed by atoms with Crippen LogP contribution in [0.25, 0.3) is 11.0 Å². The van der Waals surface area contributed by atoms with Gasteiger partial charge in [0.2, 0.25) is 0 Å². The first-order valence-corrected chi connectivity index (χ1v) is 7.05. The van der Waals surface area contributed by atoms with Crippen molar-refractivity contribution in [2.24, 2.45) is 0 Å². The van der Waals surface area contributed by atoms with E-state index in [1.165, 1.54) is 12.1 Å². The van der Waals surface area contributed by atoms with Gasteiger partial charge in [-0.1, -0.05) is 0 Å². The molecule has 5 atom stereocenters. The molecule has 0 saturated carbocycles. The Bertz CT molecular complexity index is 750. The topological polar surface area (TPSA) is 112 Å². The molecular formula is C15H16FNO6. The van der Waals surface area contributed by atoms with E-state index in [9.17, 15) is 24.5 Å². The van der Waals surface area contributed by atoms with E-state index in [2.05, 4.69) is 5.32 Å². The van der Waals surface area contributed by atoms with Gasteiger partial charge in [-0.15, -0.1) is 0 Å². The first kappa shape index (κ1) is 15.9. The highest BCUT2D eigenvalue weighted by Gasteiger charge is 2.43. The standard InChI is InChI=1S/C15H16FNO6/c16-6-10-13(19)14(20)12(15(21)23-10)17-8-3-1-7-2-4-11(18)22-9(7)5-8/h1-5,10,12-15,17,19-21H,6H2/t10?,12?,13-,14-,15-/m1/s1. The summed E-state index contributed by atoms with van der Waals surface area (Å²) in [4.78, 5) is 11.2. The van der Waals surface area contributed by atoms with E-state index in [1.807, 2.05) is 0 Å². The summed E-state index contributed by atoms with van der Waals surface area (Å²) in [6, 6.07) is 6.68. The summed E-state index contributed by atoms with van der Waals surface area (Å²) in [6.45, 7) is -1.02. The smallest absolute Gasteiger partial charge is 0.336 e. The molecule has 1 aliphatic heterocycles. The number of ether oxygens (including phenoxy) is 1. The number of rotatable bonds is 3. The second kappa shape index (κ2) is 6.25. The summed E-state index contributed by atoms with van der Waals surface area (Å²) in [5.74, 6) is 0. The number of halogens is 1. The fourth-order valence-corrected chi connectivity index (χ4v) is 2.57.